The topological polar surface area (TPSA) is 84.2 Å². The van der Waals surface area contributed by atoms with Gasteiger partial charge in [-0.25, -0.2) is 0 Å². The van der Waals surface area contributed by atoms with Gasteiger partial charge in [-0.05, 0) is 45.2 Å². The van der Waals surface area contributed by atoms with Crippen molar-refractivity contribution in [3.05, 3.63) is 83.9 Å². The van der Waals surface area contributed by atoms with E-state index in [2.05, 4.69) is 6.07 Å². The van der Waals surface area contributed by atoms with Gasteiger partial charge in [-0.15, -0.1) is 0 Å². The molecule has 1 N–H and O–H groups in total. The molecule has 1 aliphatic rings. The Bertz CT molecular complexity index is 1440. The Labute approximate surface area is 179 Å². The van der Waals surface area contributed by atoms with Gasteiger partial charge in [0, 0.05) is 17.6 Å². The highest BCUT2D eigenvalue weighted by atomic mass is 16.3. The number of ketones is 1. The number of phenols is 1. The predicted octanol–water partition coefficient (Wildman–Crippen LogP) is 5.34. The molecule has 1 aliphatic carbocycles. The molecule has 31 heavy (non-hydrogen) atoms. The van der Waals surface area contributed by atoms with E-state index in [-0.39, 0.29) is 22.8 Å². The van der Waals surface area contributed by atoms with Crippen LogP contribution in [0.25, 0.3) is 32.7 Å². The van der Waals surface area contributed by atoms with E-state index in [0.717, 1.165) is 16.2 Å². The van der Waals surface area contributed by atoms with Gasteiger partial charge in [0.15, 0.2) is 5.78 Å². The second-order valence-electron chi connectivity index (χ2n) is 7.76. The monoisotopic (exact) mass is 404 g/mol. The maximum Gasteiger partial charge on any atom is 0.160 e. The lowest BCUT2D eigenvalue weighted by Gasteiger charge is -2.26. The number of nitriles is 1. The molecule has 5 rings (SSSR count). The van der Waals surface area contributed by atoms with E-state index in [1.54, 1.807) is 18.2 Å². The van der Waals surface area contributed by atoms with E-state index in [9.17, 15) is 20.3 Å². The first-order valence-corrected chi connectivity index (χ1v) is 10.2. The van der Waals surface area contributed by atoms with Crippen LogP contribution in [0.3, 0.4) is 0 Å². The van der Waals surface area contributed by atoms with Gasteiger partial charge < -0.3 is 10.2 Å². The first-order chi connectivity index (χ1) is 15.1. The highest BCUT2D eigenvalue weighted by Crippen LogP contribution is 2.47. The Hall–Kier alpha value is -4.10. The first-order valence-electron chi connectivity index (χ1n) is 10.2. The molecular formula is C27H18NO3-. The summed E-state index contributed by atoms with van der Waals surface area (Å²) in [6.07, 6.45) is 2.72. The molecule has 4 aromatic rings. The van der Waals surface area contributed by atoms with Crippen molar-refractivity contribution in [2.75, 3.05) is 0 Å². The average Bonchev–Trinajstić information content (AvgIpc) is 3.21. The largest absolute Gasteiger partial charge is 0.872 e. The first kappa shape index (κ1) is 18.9. The van der Waals surface area contributed by atoms with E-state index >= 15 is 0 Å². The van der Waals surface area contributed by atoms with Crippen LogP contribution < -0.4 is 5.11 Å². The molecule has 4 aromatic carbocycles. The minimum atomic E-state index is -0.928. The minimum absolute atomic E-state index is 0.00256. The molecule has 4 heteroatoms. The number of fused-ring (bicyclic) bond motifs is 2. The third-order valence-corrected chi connectivity index (χ3v) is 6.00. The van der Waals surface area contributed by atoms with E-state index < -0.39 is 5.92 Å². The Kier molecular flexibility index (Phi) is 4.45. The Balaban J connectivity index is 1.89. The van der Waals surface area contributed by atoms with E-state index in [1.165, 1.54) is 0 Å². The van der Waals surface area contributed by atoms with Gasteiger partial charge in [0.25, 0.3) is 0 Å². The van der Waals surface area contributed by atoms with Crippen molar-refractivity contribution >= 4 is 27.3 Å². The second-order valence-corrected chi connectivity index (χ2v) is 7.76. The Morgan fingerprint density at radius 2 is 1.61 bits per heavy atom. The van der Waals surface area contributed by atoms with Gasteiger partial charge in [0.1, 0.15) is 5.75 Å². The van der Waals surface area contributed by atoms with Crippen molar-refractivity contribution < 1.29 is 15.0 Å². The number of rotatable bonds is 3. The zero-order valence-corrected chi connectivity index (χ0v) is 16.6. The van der Waals surface area contributed by atoms with E-state index in [0.29, 0.717) is 34.9 Å². The highest BCUT2D eigenvalue weighted by Gasteiger charge is 2.27. The summed E-state index contributed by atoms with van der Waals surface area (Å²) in [5.74, 6) is -1.35. The number of nitrogens with zero attached hydrogens (tertiary/aromatic N) is 1. The lowest BCUT2D eigenvalue weighted by Crippen LogP contribution is -2.10. The summed E-state index contributed by atoms with van der Waals surface area (Å²) in [4.78, 5) is 12.3. The van der Waals surface area contributed by atoms with Crippen LogP contribution in [0.5, 0.6) is 11.5 Å². The molecule has 0 heterocycles. The molecule has 0 bridgehead atoms. The summed E-state index contributed by atoms with van der Waals surface area (Å²) in [6, 6.07) is 22.3. The number of Topliss-reactive ketones (excluding diaryl/α,β-unsaturated/α-hetero) is 1. The molecule has 150 valence electrons. The van der Waals surface area contributed by atoms with Crippen LogP contribution in [0.4, 0.5) is 0 Å². The Morgan fingerprint density at radius 3 is 2.29 bits per heavy atom. The quantitative estimate of drug-likeness (QED) is 0.500. The fraction of sp³-hybridized carbons (Fsp3) is 0.111. The van der Waals surface area contributed by atoms with Crippen molar-refractivity contribution in [3.63, 3.8) is 0 Å². The summed E-state index contributed by atoms with van der Waals surface area (Å²) in [5, 5.41) is 37.7. The van der Waals surface area contributed by atoms with Crippen LogP contribution in [0.15, 0.2) is 78.4 Å². The van der Waals surface area contributed by atoms with Gasteiger partial charge in [-0.1, -0.05) is 72.5 Å². The summed E-state index contributed by atoms with van der Waals surface area (Å²) in [5.41, 5.74) is 1.46. The summed E-state index contributed by atoms with van der Waals surface area (Å²) >= 11 is 0. The molecule has 0 saturated carbocycles. The van der Waals surface area contributed by atoms with Gasteiger partial charge in [0.2, 0.25) is 0 Å². The number of hydrogen-bond acceptors (Lipinski definition) is 4. The number of hydrogen-bond donors (Lipinski definition) is 1. The third-order valence-electron chi connectivity index (χ3n) is 6.00. The summed E-state index contributed by atoms with van der Waals surface area (Å²) < 4.78 is 0. The zero-order chi connectivity index (χ0) is 21.5. The lowest BCUT2D eigenvalue weighted by atomic mass is 9.84. The molecule has 4 nitrogen and oxygen atoms in total. The van der Waals surface area contributed by atoms with Crippen LogP contribution >= 0.6 is 0 Å². The van der Waals surface area contributed by atoms with Crippen molar-refractivity contribution in [1.82, 2.24) is 0 Å². The lowest BCUT2D eigenvalue weighted by molar-refractivity contribution is -0.268. The molecule has 1 atom stereocenters. The molecule has 0 radical (unpaired) electrons. The molecule has 0 amide bonds. The Morgan fingerprint density at radius 1 is 0.935 bits per heavy atom. The van der Waals surface area contributed by atoms with Crippen molar-refractivity contribution in [2.45, 2.75) is 18.8 Å². The molecular weight excluding hydrogens is 386 g/mol. The number of allylic oxidation sites excluding steroid dienone is 2. The predicted molar refractivity (Wildman–Crippen MR) is 119 cm³/mol. The van der Waals surface area contributed by atoms with Crippen LogP contribution in [-0.4, -0.2) is 10.9 Å². The van der Waals surface area contributed by atoms with Crippen molar-refractivity contribution in [1.29, 1.82) is 5.26 Å². The minimum Gasteiger partial charge on any atom is -0.872 e. The molecule has 0 spiro atoms. The maximum absolute atomic E-state index is 13.8. The fourth-order valence-electron chi connectivity index (χ4n) is 4.54. The van der Waals surface area contributed by atoms with Gasteiger partial charge >= 0.3 is 0 Å². The molecule has 0 saturated heterocycles. The molecule has 0 aromatic heterocycles. The van der Waals surface area contributed by atoms with Crippen LogP contribution in [0.1, 0.15) is 24.3 Å². The molecule has 0 fully saturated rings. The zero-order valence-electron chi connectivity index (χ0n) is 16.6. The number of aromatic hydroxyl groups is 1. The highest BCUT2D eigenvalue weighted by molar-refractivity contribution is 6.10. The fourth-order valence-corrected chi connectivity index (χ4v) is 4.54. The second kappa shape index (κ2) is 7.30. The number of carbonyl (C=O) groups is 1. The van der Waals surface area contributed by atoms with Crippen LogP contribution in [-0.2, 0) is 4.79 Å². The van der Waals surface area contributed by atoms with E-state index in [1.807, 2.05) is 54.6 Å². The molecule has 1 unspecified atom stereocenters. The van der Waals surface area contributed by atoms with Crippen LogP contribution in [0.2, 0.25) is 0 Å². The summed E-state index contributed by atoms with van der Waals surface area (Å²) in [6.45, 7) is 0. The smallest absolute Gasteiger partial charge is 0.160 e. The van der Waals surface area contributed by atoms with Gasteiger partial charge in [-0.2, -0.15) is 5.26 Å². The normalized spacial score (nSPS) is 14.5. The SMILES string of the molecule is N#CC(C1=CCCC1=O)c1cc2ccccc2c(-c2c(O)ccc3ccccc23)c1[O-]. The number of carbonyl (C=O) groups excluding carboxylic acids is 1. The van der Waals surface area contributed by atoms with Crippen molar-refractivity contribution in [2.24, 2.45) is 0 Å². The number of benzene rings is 4. The maximum atomic E-state index is 13.8. The average molecular weight is 404 g/mol. The summed E-state index contributed by atoms with van der Waals surface area (Å²) in [7, 11) is 0. The van der Waals surface area contributed by atoms with Crippen LogP contribution in [0, 0.1) is 11.3 Å². The number of phenolic OH excluding ortho intramolecular Hbond substituents is 1. The van der Waals surface area contributed by atoms with E-state index in [4.69, 9.17) is 0 Å². The standard InChI is InChI=1S/C27H19NO3/c28-15-22(20-10-5-11-23(20)29)21-14-17-7-2-4-9-19(17)26(27(21)31)25-18-8-3-1-6-16(18)12-13-24(25)30/h1-4,6-10,12-14,22,30-31H,5,11H2/p-1. The third kappa shape index (κ3) is 2.94. The van der Waals surface area contributed by atoms with Gasteiger partial charge in [0.05, 0.1) is 12.0 Å². The van der Waals surface area contributed by atoms with Crippen molar-refractivity contribution in [3.8, 4) is 28.7 Å². The van der Waals surface area contributed by atoms with Gasteiger partial charge in [-0.3, -0.25) is 4.79 Å². The molecule has 0 aliphatic heterocycles.